The number of amides is 1. The molecular weight excluding hydrogens is 304 g/mol. The van der Waals surface area contributed by atoms with Crippen LogP contribution in [0.4, 0.5) is 0 Å². The first kappa shape index (κ1) is 16.7. The van der Waals surface area contributed by atoms with E-state index < -0.39 is 0 Å². The third kappa shape index (κ3) is 5.89. The lowest BCUT2D eigenvalue weighted by Crippen LogP contribution is -2.41. The molecule has 1 aliphatic rings. The zero-order valence-electron chi connectivity index (χ0n) is 12.5. The summed E-state index contributed by atoms with van der Waals surface area (Å²) in [6.07, 6.45) is 3.14. The van der Waals surface area contributed by atoms with Gasteiger partial charge in [0, 0.05) is 23.0 Å². The topological polar surface area (TPSA) is 32.3 Å². The van der Waals surface area contributed by atoms with Crippen molar-refractivity contribution in [2.24, 2.45) is 5.92 Å². The summed E-state index contributed by atoms with van der Waals surface area (Å²) < 4.78 is 0. The lowest BCUT2D eigenvalue weighted by atomic mass is 9.98. The average molecular weight is 327 g/mol. The first-order chi connectivity index (χ1) is 10.1. The van der Waals surface area contributed by atoms with E-state index in [-0.39, 0.29) is 11.8 Å². The molecule has 1 aromatic carbocycles. The average Bonchev–Trinajstić information content (AvgIpc) is 2.48. The van der Waals surface area contributed by atoms with Gasteiger partial charge in [-0.2, -0.15) is 0 Å². The predicted octanol–water partition coefficient (Wildman–Crippen LogP) is 3.28. The van der Waals surface area contributed by atoms with Crippen molar-refractivity contribution < 1.29 is 4.79 Å². The Bertz CT molecular complexity index is 452. The van der Waals surface area contributed by atoms with Crippen molar-refractivity contribution >= 4 is 29.3 Å². The van der Waals surface area contributed by atoms with Crippen LogP contribution in [0.2, 0.25) is 5.02 Å². The van der Waals surface area contributed by atoms with E-state index in [0.29, 0.717) is 0 Å². The minimum atomic E-state index is 0.174. The van der Waals surface area contributed by atoms with Crippen LogP contribution in [-0.4, -0.2) is 43.2 Å². The fourth-order valence-electron chi connectivity index (χ4n) is 2.53. The number of nitrogens with one attached hydrogen (secondary N) is 1. The summed E-state index contributed by atoms with van der Waals surface area (Å²) in [5.41, 5.74) is 0. The van der Waals surface area contributed by atoms with Gasteiger partial charge in [-0.3, -0.25) is 4.79 Å². The fourth-order valence-corrected chi connectivity index (χ4v) is 3.51. The van der Waals surface area contributed by atoms with E-state index in [4.69, 9.17) is 11.6 Å². The standard InChI is InChI=1S/C16H23ClN2OS/c1-19-10-2-4-13(12-19)16(20)18-9-3-11-21-15-7-5-14(17)6-8-15/h5-8,13H,2-4,9-12H2,1H3,(H,18,20). The Morgan fingerprint density at radius 1 is 1.43 bits per heavy atom. The number of benzene rings is 1. The lowest BCUT2D eigenvalue weighted by Gasteiger charge is -2.28. The molecule has 0 spiro atoms. The van der Waals surface area contributed by atoms with E-state index in [2.05, 4.69) is 17.3 Å². The van der Waals surface area contributed by atoms with Gasteiger partial charge < -0.3 is 10.2 Å². The number of hydrogen-bond donors (Lipinski definition) is 1. The minimum Gasteiger partial charge on any atom is -0.356 e. The first-order valence-electron chi connectivity index (χ1n) is 7.50. The summed E-state index contributed by atoms with van der Waals surface area (Å²) in [4.78, 5) is 15.5. The zero-order chi connectivity index (χ0) is 15.1. The highest BCUT2D eigenvalue weighted by atomic mass is 35.5. The molecule has 116 valence electrons. The van der Waals surface area contributed by atoms with Crippen LogP contribution in [-0.2, 0) is 4.79 Å². The molecule has 1 aromatic rings. The number of rotatable bonds is 6. The van der Waals surface area contributed by atoms with E-state index in [1.165, 1.54) is 4.90 Å². The van der Waals surface area contributed by atoms with Gasteiger partial charge in [-0.05, 0) is 62.9 Å². The summed E-state index contributed by atoms with van der Waals surface area (Å²) in [7, 11) is 2.09. The second-order valence-corrected chi connectivity index (χ2v) is 7.15. The van der Waals surface area contributed by atoms with E-state index in [1.54, 1.807) is 11.8 Å². The van der Waals surface area contributed by atoms with Gasteiger partial charge in [-0.1, -0.05) is 11.6 Å². The van der Waals surface area contributed by atoms with Gasteiger partial charge in [0.15, 0.2) is 0 Å². The summed E-state index contributed by atoms with van der Waals surface area (Å²) in [5.74, 6) is 1.40. The molecule has 21 heavy (non-hydrogen) atoms. The number of piperidine rings is 1. The van der Waals surface area contributed by atoms with Crippen molar-refractivity contribution in [3.8, 4) is 0 Å². The summed E-state index contributed by atoms with van der Waals surface area (Å²) in [6, 6.07) is 7.88. The molecule has 1 heterocycles. The number of hydrogen-bond acceptors (Lipinski definition) is 3. The number of carbonyl (C=O) groups excluding carboxylic acids is 1. The van der Waals surface area contributed by atoms with E-state index in [0.717, 1.165) is 49.7 Å². The lowest BCUT2D eigenvalue weighted by molar-refractivity contribution is -0.126. The molecule has 1 amide bonds. The molecular formula is C16H23ClN2OS. The van der Waals surface area contributed by atoms with Crippen LogP contribution in [0.3, 0.4) is 0 Å². The van der Waals surface area contributed by atoms with Crippen LogP contribution in [0.5, 0.6) is 0 Å². The Morgan fingerprint density at radius 2 is 2.19 bits per heavy atom. The van der Waals surface area contributed by atoms with Crippen LogP contribution >= 0.6 is 23.4 Å². The van der Waals surface area contributed by atoms with Gasteiger partial charge >= 0.3 is 0 Å². The second kappa shape index (κ2) is 8.66. The molecule has 2 rings (SSSR count). The van der Waals surface area contributed by atoms with Gasteiger partial charge in [0.05, 0.1) is 5.92 Å². The molecule has 0 radical (unpaired) electrons. The molecule has 1 atom stereocenters. The number of thioether (sulfide) groups is 1. The van der Waals surface area contributed by atoms with Crippen LogP contribution in [0, 0.1) is 5.92 Å². The van der Waals surface area contributed by atoms with Crippen molar-refractivity contribution in [1.29, 1.82) is 0 Å². The smallest absolute Gasteiger partial charge is 0.224 e. The molecule has 3 nitrogen and oxygen atoms in total. The van der Waals surface area contributed by atoms with Crippen molar-refractivity contribution in [3.05, 3.63) is 29.3 Å². The molecule has 0 aliphatic carbocycles. The van der Waals surface area contributed by atoms with Gasteiger partial charge in [0.1, 0.15) is 0 Å². The molecule has 0 bridgehead atoms. The molecule has 0 aromatic heterocycles. The Morgan fingerprint density at radius 3 is 2.90 bits per heavy atom. The predicted molar refractivity (Wildman–Crippen MR) is 90.0 cm³/mol. The van der Waals surface area contributed by atoms with Crippen molar-refractivity contribution in [3.63, 3.8) is 0 Å². The van der Waals surface area contributed by atoms with Crippen LogP contribution in [0.15, 0.2) is 29.2 Å². The maximum atomic E-state index is 12.1. The molecule has 1 N–H and O–H groups in total. The minimum absolute atomic E-state index is 0.174. The highest BCUT2D eigenvalue weighted by Crippen LogP contribution is 2.20. The monoisotopic (exact) mass is 326 g/mol. The van der Waals surface area contributed by atoms with E-state index in [9.17, 15) is 4.79 Å². The highest BCUT2D eigenvalue weighted by Gasteiger charge is 2.23. The summed E-state index contributed by atoms with van der Waals surface area (Å²) in [6.45, 7) is 2.77. The van der Waals surface area contributed by atoms with Crippen LogP contribution in [0.1, 0.15) is 19.3 Å². The maximum Gasteiger partial charge on any atom is 0.224 e. The summed E-state index contributed by atoms with van der Waals surface area (Å²) in [5, 5.41) is 3.84. The number of nitrogens with zero attached hydrogens (tertiary/aromatic N) is 1. The zero-order valence-corrected chi connectivity index (χ0v) is 14.1. The third-order valence-electron chi connectivity index (χ3n) is 3.70. The molecule has 1 aliphatic heterocycles. The quantitative estimate of drug-likeness (QED) is 0.643. The molecule has 5 heteroatoms. The van der Waals surface area contributed by atoms with Crippen LogP contribution < -0.4 is 5.32 Å². The summed E-state index contributed by atoms with van der Waals surface area (Å²) >= 11 is 7.65. The van der Waals surface area contributed by atoms with E-state index >= 15 is 0 Å². The van der Waals surface area contributed by atoms with Gasteiger partial charge in [0.2, 0.25) is 5.91 Å². The van der Waals surface area contributed by atoms with E-state index in [1.807, 2.05) is 24.3 Å². The Hall–Kier alpha value is -0.710. The Balaban J connectivity index is 1.59. The molecule has 1 unspecified atom stereocenters. The molecule has 0 saturated carbocycles. The van der Waals surface area contributed by atoms with Gasteiger partial charge in [0.25, 0.3) is 0 Å². The molecule has 1 fully saturated rings. The number of carbonyl (C=O) groups is 1. The largest absolute Gasteiger partial charge is 0.356 e. The molecule has 1 saturated heterocycles. The van der Waals surface area contributed by atoms with Crippen molar-refractivity contribution in [1.82, 2.24) is 10.2 Å². The maximum absolute atomic E-state index is 12.1. The third-order valence-corrected chi connectivity index (χ3v) is 5.05. The Kier molecular flexibility index (Phi) is 6.87. The first-order valence-corrected chi connectivity index (χ1v) is 8.86. The highest BCUT2D eigenvalue weighted by molar-refractivity contribution is 7.99. The van der Waals surface area contributed by atoms with Crippen molar-refractivity contribution in [2.75, 3.05) is 32.4 Å². The van der Waals surface area contributed by atoms with Gasteiger partial charge in [-0.25, -0.2) is 0 Å². The van der Waals surface area contributed by atoms with Crippen molar-refractivity contribution in [2.45, 2.75) is 24.2 Å². The van der Waals surface area contributed by atoms with Gasteiger partial charge in [-0.15, -0.1) is 11.8 Å². The SMILES string of the molecule is CN1CCCC(C(=O)NCCCSc2ccc(Cl)cc2)C1. The fraction of sp³-hybridized carbons (Fsp3) is 0.562. The normalized spacial score (nSPS) is 19.4. The number of halogens is 1. The number of likely N-dealkylation sites (tertiary alicyclic amines) is 1. The van der Waals surface area contributed by atoms with Crippen LogP contribution in [0.25, 0.3) is 0 Å². The Labute approximate surface area is 136 Å². The second-order valence-electron chi connectivity index (χ2n) is 5.55.